The summed E-state index contributed by atoms with van der Waals surface area (Å²) in [5, 5.41) is 10.8. The predicted molar refractivity (Wildman–Crippen MR) is 73.6 cm³/mol. The zero-order chi connectivity index (χ0) is 10.3. The molecular formula is C10H7I2NO. The summed E-state index contributed by atoms with van der Waals surface area (Å²) in [5.41, 5.74) is 1.62. The van der Waals surface area contributed by atoms with Crippen LogP contribution in [0.1, 0.15) is 5.69 Å². The van der Waals surface area contributed by atoms with E-state index in [9.17, 15) is 5.11 Å². The minimum Gasteiger partial charge on any atom is -0.505 e. The summed E-state index contributed by atoms with van der Waals surface area (Å²) in [6.07, 6.45) is 0. The smallest absolute Gasteiger partial charge is 0.155 e. The first-order chi connectivity index (χ1) is 6.59. The van der Waals surface area contributed by atoms with Gasteiger partial charge in [-0.05, 0) is 70.3 Å². The standard InChI is InChI=1S/C10H7I2NO/c1-5-2-3-6-7(11)4-8(12)10(14)9(6)13-5/h2-4,14H,1H3. The number of phenols is 1. The fraction of sp³-hybridized carbons (Fsp3) is 0.100. The second-order valence-electron chi connectivity index (χ2n) is 3.04. The van der Waals surface area contributed by atoms with Crippen LogP contribution in [0.3, 0.4) is 0 Å². The second-order valence-corrected chi connectivity index (χ2v) is 5.36. The lowest BCUT2D eigenvalue weighted by Gasteiger charge is -2.05. The normalized spacial score (nSPS) is 10.8. The molecule has 1 N–H and O–H groups in total. The first-order valence-electron chi connectivity index (χ1n) is 4.04. The van der Waals surface area contributed by atoms with Crippen LogP contribution >= 0.6 is 45.2 Å². The molecule has 2 rings (SSSR count). The van der Waals surface area contributed by atoms with Gasteiger partial charge in [-0.3, -0.25) is 0 Å². The van der Waals surface area contributed by atoms with Gasteiger partial charge < -0.3 is 5.11 Å². The number of nitrogens with zero attached hydrogens (tertiary/aromatic N) is 1. The third kappa shape index (κ3) is 1.69. The number of rotatable bonds is 0. The van der Waals surface area contributed by atoms with Crippen LogP contribution < -0.4 is 0 Å². The van der Waals surface area contributed by atoms with Gasteiger partial charge in [0.05, 0.1) is 3.57 Å². The number of aromatic nitrogens is 1. The quantitative estimate of drug-likeness (QED) is 0.675. The minimum atomic E-state index is 0.282. The van der Waals surface area contributed by atoms with E-state index < -0.39 is 0 Å². The Hall–Kier alpha value is -0.110. The van der Waals surface area contributed by atoms with Crippen molar-refractivity contribution in [3.05, 3.63) is 31.0 Å². The van der Waals surface area contributed by atoms with Crippen molar-refractivity contribution in [1.29, 1.82) is 0 Å². The zero-order valence-corrected chi connectivity index (χ0v) is 11.7. The number of benzene rings is 1. The Morgan fingerprint density at radius 2 is 1.93 bits per heavy atom. The van der Waals surface area contributed by atoms with E-state index in [-0.39, 0.29) is 5.75 Å². The van der Waals surface area contributed by atoms with Gasteiger partial charge in [-0.15, -0.1) is 0 Å². The van der Waals surface area contributed by atoms with Gasteiger partial charge in [-0.1, -0.05) is 0 Å². The summed E-state index contributed by atoms with van der Waals surface area (Å²) in [6, 6.07) is 5.90. The van der Waals surface area contributed by atoms with Crippen molar-refractivity contribution in [2.45, 2.75) is 6.92 Å². The lowest BCUT2D eigenvalue weighted by atomic mass is 10.2. The number of hydrogen-bond acceptors (Lipinski definition) is 2. The average molecular weight is 411 g/mol. The first kappa shape index (κ1) is 10.4. The van der Waals surface area contributed by atoms with Crippen LogP contribution in [0.25, 0.3) is 10.9 Å². The fourth-order valence-electron chi connectivity index (χ4n) is 1.30. The van der Waals surface area contributed by atoms with Gasteiger partial charge in [0.2, 0.25) is 0 Å². The topological polar surface area (TPSA) is 33.1 Å². The lowest BCUT2D eigenvalue weighted by molar-refractivity contribution is 0.476. The summed E-state index contributed by atoms with van der Waals surface area (Å²) in [4.78, 5) is 4.34. The van der Waals surface area contributed by atoms with E-state index in [1.165, 1.54) is 0 Å². The van der Waals surface area contributed by atoms with Crippen molar-refractivity contribution in [2.75, 3.05) is 0 Å². The van der Waals surface area contributed by atoms with Crippen molar-refractivity contribution >= 4 is 56.1 Å². The molecule has 72 valence electrons. The minimum absolute atomic E-state index is 0.282. The van der Waals surface area contributed by atoms with Gasteiger partial charge in [-0.25, -0.2) is 4.98 Å². The van der Waals surface area contributed by atoms with Crippen molar-refractivity contribution in [1.82, 2.24) is 4.98 Å². The lowest BCUT2D eigenvalue weighted by Crippen LogP contribution is -1.88. The Morgan fingerprint density at radius 3 is 2.64 bits per heavy atom. The molecule has 0 bridgehead atoms. The molecule has 1 heterocycles. The molecule has 0 aliphatic carbocycles. The highest BCUT2D eigenvalue weighted by molar-refractivity contribution is 14.1. The molecule has 0 unspecified atom stereocenters. The van der Waals surface area contributed by atoms with Crippen LogP contribution in [-0.2, 0) is 0 Å². The highest BCUT2D eigenvalue weighted by atomic mass is 127. The average Bonchev–Trinajstić information content (AvgIpc) is 2.14. The SMILES string of the molecule is Cc1ccc2c(I)cc(I)c(O)c2n1. The van der Waals surface area contributed by atoms with Gasteiger partial charge in [0.15, 0.2) is 5.75 Å². The van der Waals surface area contributed by atoms with Crippen molar-refractivity contribution < 1.29 is 5.11 Å². The Kier molecular flexibility index (Phi) is 2.83. The number of hydrogen-bond donors (Lipinski definition) is 1. The molecule has 0 saturated heterocycles. The molecule has 2 nitrogen and oxygen atoms in total. The monoisotopic (exact) mass is 411 g/mol. The number of phenolic OH excluding ortho intramolecular Hbond substituents is 1. The zero-order valence-electron chi connectivity index (χ0n) is 7.38. The van der Waals surface area contributed by atoms with Crippen LogP contribution in [0.5, 0.6) is 5.75 Å². The van der Waals surface area contributed by atoms with Crippen LogP contribution in [0.4, 0.5) is 0 Å². The maximum absolute atomic E-state index is 9.83. The summed E-state index contributed by atoms with van der Waals surface area (Å²) in [5.74, 6) is 0.282. The Morgan fingerprint density at radius 1 is 1.21 bits per heavy atom. The van der Waals surface area contributed by atoms with E-state index in [1.807, 2.05) is 25.1 Å². The van der Waals surface area contributed by atoms with Crippen LogP contribution in [-0.4, -0.2) is 10.1 Å². The predicted octanol–water partition coefficient (Wildman–Crippen LogP) is 3.46. The third-order valence-electron chi connectivity index (χ3n) is 2.00. The summed E-state index contributed by atoms with van der Waals surface area (Å²) in [7, 11) is 0. The molecule has 2 aromatic rings. The van der Waals surface area contributed by atoms with Gasteiger partial charge in [-0.2, -0.15) is 0 Å². The molecule has 0 aliphatic rings. The highest BCUT2D eigenvalue weighted by Gasteiger charge is 2.09. The molecule has 0 fully saturated rings. The van der Waals surface area contributed by atoms with Crippen molar-refractivity contribution in [3.63, 3.8) is 0 Å². The van der Waals surface area contributed by atoms with Crippen LogP contribution in [0.15, 0.2) is 18.2 Å². The van der Waals surface area contributed by atoms with Gasteiger partial charge in [0, 0.05) is 14.7 Å². The summed E-state index contributed by atoms with van der Waals surface area (Å²) >= 11 is 4.37. The van der Waals surface area contributed by atoms with E-state index in [0.29, 0.717) is 5.52 Å². The summed E-state index contributed by atoms with van der Waals surface area (Å²) < 4.78 is 1.96. The first-order valence-corrected chi connectivity index (χ1v) is 6.19. The molecule has 0 aliphatic heterocycles. The van der Waals surface area contributed by atoms with Gasteiger partial charge in [0.1, 0.15) is 5.52 Å². The Balaban J connectivity index is 2.95. The van der Waals surface area contributed by atoms with E-state index >= 15 is 0 Å². The molecule has 0 atom stereocenters. The number of pyridine rings is 1. The number of fused-ring (bicyclic) bond motifs is 1. The van der Waals surface area contributed by atoms with Crippen molar-refractivity contribution in [3.8, 4) is 5.75 Å². The molecule has 4 heteroatoms. The van der Waals surface area contributed by atoms with E-state index in [2.05, 4.69) is 50.2 Å². The largest absolute Gasteiger partial charge is 0.505 e. The maximum atomic E-state index is 9.83. The van der Waals surface area contributed by atoms with Crippen LogP contribution in [0, 0.1) is 14.1 Å². The highest BCUT2D eigenvalue weighted by Crippen LogP contribution is 2.32. The van der Waals surface area contributed by atoms with Crippen molar-refractivity contribution in [2.24, 2.45) is 0 Å². The molecule has 1 aromatic carbocycles. The fourth-order valence-corrected chi connectivity index (χ4v) is 3.21. The number of halogens is 2. The molecule has 14 heavy (non-hydrogen) atoms. The molecule has 0 amide bonds. The van der Waals surface area contributed by atoms with Crippen LogP contribution in [0.2, 0.25) is 0 Å². The van der Waals surface area contributed by atoms with Gasteiger partial charge in [0.25, 0.3) is 0 Å². The van der Waals surface area contributed by atoms with E-state index in [1.54, 1.807) is 0 Å². The maximum Gasteiger partial charge on any atom is 0.155 e. The third-order valence-corrected chi connectivity index (χ3v) is 3.71. The molecule has 1 aromatic heterocycles. The Labute approximate surface area is 109 Å². The van der Waals surface area contributed by atoms with Gasteiger partial charge >= 0.3 is 0 Å². The van der Waals surface area contributed by atoms with E-state index in [0.717, 1.165) is 18.2 Å². The Bertz CT molecular complexity index is 511. The number of aromatic hydroxyl groups is 1. The number of aryl methyl sites for hydroxylation is 1. The van der Waals surface area contributed by atoms with E-state index in [4.69, 9.17) is 0 Å². The second kappa shape index (κ2) is 3.80. The summed E-state index contributed by atoms with van der Waals surface area (Å²) in [6.45, 7) is 1.92. The molecule has 0 spiro atoms. The molecule has 0 saturated carbocycles. The molecular weight excluding hydrogens is 404 g/mol. The molecule has 0 radical (unpaired) electrons.